The molecule has 0 spiro atoms. The Bertz CT molecular complexity index is 235. The Morgan fingerprint density at radius 2 is 1.95 bits per heavy atom. The first kappa shape index (κ1) is 17.0. The topological polar surface area (TPSA) is 15.3 Å². The van der Waals surface area contributed by atoms with Crippen LogP contribution >= 0.6 is 0 Å². The second kappa shape index (κ2) is 8.26. The Labute approximate surface area is 121 Å². The zero-order valence-electron chi connectivity index (χ0n) is 14.0. The van der Waals surface area contributed by atoms with E-state index in [0.717, 1.165) is 18.5 Å². The van der Waals surface area contributed by atoms with Gasteiger partial charge in [0, 0.05) is 19.1 Å². The van der Waals surface area contributed by atoms with Crippen molar-refractivity contribution in [1.82, 2.24) is 10.2 Å². The fourth-order valence-electron chi connectivity index (χ4n) is 3.00. The molecular formula is C17H36N2. The monoisotopic (exact) mass is 268 g/mol. The lowest BCUT2D eigenvalue weighted by atomic mass is 9.84. The molecule has 0 aromatic carbocycles. The maximum absolute atomic E-state index is 3.58. The van der Waals surface area contributed by atoms with Crippen LogP contribution in [0, 0.1) is 11.3 Å². The Morgan fingerprint density at radius 3 is 2.42 bits per heavy atom. The van der Waals surface area contributed by atoms with Gasteiger partial charge >= 0.3 is 0 Å². The summed E-state index contributed by atoms with van der Waals surface area (Å²) in [5, 5.41) is 3.58. The van der Waals surface area contributed by atoms with Crippen molar-refractivity contribution in [3.05, 3.63) is 0 Å². The second-order valence-electron chi connectivity index (χ2n) is 7.23. The van der Waals surface area contributed by atoms with Gasteiger partial charge in [0.05, 0.1) is 0 Å². The van der Waals surface area contributed by atoms with E-state index in [0.29, 0.717) is 5.41 Å². The van der Waals surface area contributed by atoms with Gasteiger partial charge in [-0.25, -0.2) is 0 Å². The molecule has 0 aromatic heterocycles. The Morgan fingerprint density at radius 1 is 1.26 bits per heavy atom. The molecule has 1 unspecified atom stereocenters. The van der Waals surface area contributed by atoms with Crippen molar-refractivity contribution in [3.63, 3.8) is 0 Å². The molecule has 114 valence electrons. The zero-order valence-corrected chi connectivity index (χ0v) is 14.0. The molecule has 0 bridgehead atoms. The van der Waals surface area contributed by atoms with E-state index >= 15 is 0 Å². The number of nitrogens with zero attached hydrogens (tertiary/aromatic N) is 1. The highest BCUT2D eigenvalue weighted by Crippen LogP contribution is 2.32. The van der Waals surface area contributed by atoms with Crippen LogP contribution in [0.15, 0.2) is 0 Å². The molecule has 1 aliphatic rings. The maximum atomic E-state index is 3.58. The van der Waals surface area contributed by atoms with E-state index < -0.39 is 0 Å². The summed E-state index contributed by atoms with van der Waals surface area (Å²) in [6, 6.07) is 0.900. The van der Waals surface area contributed by atoms with Crippen LogP contribution in [0.3, 0.4) is 0 Å². The summed E-state index contributed by atoms with van der Waals surface area (Å²) < 4.78 is 0. The lowest BCUT2D eigenvalue weighted by Gasteiger charge is -2.36. The van der Waals surface area contributed by atoms with Crippen LogP contribution in [0.25, 0.3) is 0 Å². The predicted molar refractivity (Wildman–Crippen MR) is 85.6 cm³/mol. The van der Waals surface area contributed by atoms with Gasteiger partial charge in [-0.3, -0.25) is 4.90 Å². The molecule has 19 heavy (non-hydrogen) atoms. The molecule has 0 aromatic rings. The first-order valence-corrected chi connectivity index (χ1v) is 8.45. The minimum Gasteiger partial charge on any atom is -0.316 e. The summed E-state index contributed by atoms with van der Waals surface area (Å²) >= 11 is 0. The van der Waals surface area contributed by atoms with Gasteiger partial charge in [0.15, 0.2) is 0 Å². The van der Waals surface area contributed by atoms with Gasteiger partial charge in [0.25, 0.3) is 0 Å². The molecule has 1 saturated carbocycles. The lowest BCUT2D eigenvalue weighted by Crippen LogP contribution is -2.43. The van der Waals surface area contributed by atoms with Crippen molar-refractivity contribution >= 4 is 0 Å². The third kappa shape index (κ3) is 6.76. The number of rotatable bonds is 11. The molecule has 0 saturated heterocycles. The summed E-state index contributed by atoms with van der Waals surface area (Å²) in [5.74, 6) is 0.826. The number of hydrogen-bond donors (Lipinski definition) is 1. The van der Waals surface area contributed by atoms with E-state index in [-0.39, 0.29) is 0 Å². The minimum absolute atomic E-state index is 0.449. The standard InChI is InChI=1S/C17H36N2/c1-6-11-17(5,13-18-7-2)14-19(16-8-9-16)12-10-15(3)4/h15-16,18H,6-14H2,1-5H3. The molecule has 0 amide bonds. The van der Waals surface area contributed by atoms with Gasteiger partial charge in [-0.1, -0.05) is 41.0 Å². The summed E-state index contributed by atoms with van der Waals surface area (Å²) in [7, 11) is 0. The van der Waals surface area contributed by atoms with Crippen LogP contribution in [0.1, 0.15) is 66.7 Å². The van der Waals surface area contributed by atoms with Crippen LogP contribution < -0.4 is 5.32 Å². The zero-order chi connectivity index (χ0) is 14.3. The van der Waals surface area contributed by atoms with Crippen molar-refractivity contribution in [2.45, 2.75) is 72.8 Å². The van der Waals surface area contributed by atoms with E-state index in [4.69, 9.17) is 0 Å². The fourth-order valence-corrected chi connectivity index (χ4v) is 3.00. The van der Waals surface area contributed by atoms with Gasteiger partial charge in [-0.15, -0.1) is 0 Å². The maximum Gasteiger partial charge on any atom is 0.00966 e. The normalized spacial score (nSPS) is 19.1. The smallest absolute Gasteiger partial charge is 0.00966 e. The van der Waals surface area contributed by atoms with Crippen LogP contribution in [-0.2, 0) is 0 Å². The molecule has 2 nitrogen and oxygen atoms in total. The van der Waals surface area contributed by atoms with Crippen molar-refractivity contribution in [2.75, 3.05) is 26.2 Å². The number of nitrogens with one attached hydrogen (secondary N) is 1. The Kier molecular flexibility index (Phi) is 7.38. The van der Waals surface area contributed by atoms with Crippen molar-refractivity contribution in [3.8, 4) is 0 Å². The SMILES string of the molecule is CCCC(C)(CNCC)CN(CCC(C)C)C1CC1. The van der Waals surface area contributed by atoms with E-state index in [1.54, 1.807) is 0 Å². The Balaban J connectivity index is 2.51. The Hall–Kier alpha value is -0.0800. The van der Waals surface area contributed by atoms with Gasteiger partial charge in [0.1, 0.15) is 0 Å². The average molecular weight is 268 g/mol. The van der Waals surface area contributed by atoms with Crippen LogP contribution in [-0.4, -0.2) is 37.1 Å². The van der Waals surface area contributed by atoms with Gasteiger partial charge < -0.3 is 5.32 Å². The third-order valence-electron chi connectivity index (χ3n) is 4.30. The highest BCUT2D eigenvalue weighted by atomic mass is 15.2. The molecule has 1 atom stereocenters. The highest BCUT2D eigenvalue weighted by molar-refractivity contribution is 4.89. The highest BCUT2D eigenvalue weighted by Gasteiger charge is 2.34. The molecule has 0 radical (unpaired) electrons. The molecule has 2 heteroatoms. The molecule has 1 fully saturated rings. The molecule has 0 aliphatic heterocycles. The van der Waals surface area contributed by atoms with Gasteiger partial charge in [0.2, 0.25) is 0 Å². The first-order chi connectivity index (χ1) is 9.00. The molecule has 1 N–H and O–H groups in total. The second-order valence-corrected chi connectivity index (χ2v) is 7.23. The van der Waals surface area contributed by atoms with E-state index in [9.17, 15) is 0 Å². The van der Waals surface area contributed by atoms with E-state index in [1.165, 1.54) is 51.7 Å². The summed E-state index contributed by atoms with van der Waals surface area (Å²) in [5.41, 5.74) is 0.449. The molecule has 1 aliphatic carbocycles. The first-order valence-electron chi connectivity index (χ1n) is 8.45. The lowest BCUT2D eigenvalue weighted by molar-refractivity contribution is 0.138. The molecular weight excluding hydrogens is 232 g/mol. The van der Waals surface area contributed by atoms with Gasteiger partial charge in [-0.2, -0.15) is 0 Å². The minimum atomic E-state index is 0.449. The quantitative estimate of drug-likeness (QED) is 0.611. The third-order valence-corrected chi connectivity index (χ3v) is 4.30. The van der Waals surface area contributed by atoms with Gasteiger partial charge in [-0.05, 0) is 50.1 Å². The fraction of sp³-hybridized carbons (Fsp3) is 1.00. The van der Waals surface area contributed by atoms with Crippen molar-refractivity contribution in [2.24, 2.45) is 11.3 Å². The summed E-state index contributed by atoms with van der Waals surface area (Å²) in [6.45, 7) is 16.5. The van der Waals surface area contributed by atoms with E-state index in [1.807, 2.05) is 0 Å². The predicted octanol–water partition coefficient (Wildman–Crippen LogP) is 3.91. The summed E-state index contributed by atoms with van der Waals surface area (Å²) in [6.07, 6.45) is 6.85. The molecule has 1 rings (SSSR count). The average Bonchev–Trinajstić information content (AvgIpc) is 3.16. The number of hydrogen-bond acceptors (Lipinski definition) is 2. The van der Waals surface area contributed by atoms with Crippen LogP contribution in [0.5, 0.6) is 0 Å². The van der Waals surface area contributed by atoms with Crippen LogP contribution in [0.2, 0.25) is 0 Å². The summed E-state index contributed by atoms with van der Waals surface area (Å²) in [4.78, 5) is 2.78. The largest absolute Gasteiger partial charge is 0.316 e. The van der Waals surface area contributed by atoms with E-state index in [2.05, 4.69) is 44.8 Å². The molecule has 0 heterocycles. The van der Waals surface area contributed by atoms with Crippen molar-refractivity contribution in [1.29, 1.82) is 0 Å². The van der Waals surface area contributed by atoms with Crippen LogP contribution in [0.4, 0.5) is 0 Å². The van der Waals surface area contributed by atoms with Crippen molar-refractivity contribution < 1.29 is 0 Å².